The largest absolute Gasteiger partial charge is 0.463 e. The maximum absolute atomic E-state index is 15.3. The van der Waals surface area contributed by atoms with Gasteiger partial charge in [0.2, 0.25) is 0 Å². The average molecular weight is 615 g/mol. The first-order valence-electron chi connectivity index (χ1n) is 12.9. The van der Waals surface area contributed by atoms with E-state index < -0.39 is 17.6 Å². The zero-order valence-corrected chi connectivity index (χ0v) is 24.5. The van der Waals surface area contributed by atoms with Gasteiger partial charge >= 0.3 is 12.1 Å². The van der Waals surface area contributed by atoms with Gasteiger partial charge in [0.25, 0.3) is 0 Å². The fourth-order valence-corrected chi connectivity index (χ4v) is 6.03. The van der Waals surface area contributed by atoms with Crippen LogP contribution in [0.2, 0.25) is 5.02 Å². The highest BCUT2D eigenvalue weighted by Gasteiger charge is 2.48. The van der Waals surface area contributed by atoms with Crippen LogP contribution in [0.1, 0.15) is 40.0 Å². The molecule has 5 rings (SSSR count). The van der Waals surface area contributed by atoms with Crippen molar-refractivity contribution < 1.29 is 23.8 Å². The van der Waals surface area contributed by atoms with Gasteiger partial charge in [0.15, 0.2) is 5.82 Å². The summed E-state index contributed by atoms with van der Waals surface area (Å²) in [5.41, 5.74) is -0.342. The summed E-state index contributed by atoms with van der Waals surface area (Å²) in [5.74, 6) is -0.0754. The van der Waals surface area contributed by atoms with Crippen molar-refractivity contribution in [2.75, 3.05) is 51.3 Å². The molecule has 3 aliphatic heterocycles. The lowest BCUT2D eigenvalue weighted by Gasteiger charge is -2.53. The molecule has 3 fully saturated rings. The molecule has 2 unspecified atom stereocenters. The number of hydrogen-bond acceptors (Lipinski definition) is 8. The molecule has 1 spiro atoms. The predicted molar refractivity (Wildman–Crippen MR) is 146 cm³/mol. The minimum absolute atomic E-state index is 0.0477. The number of nitrogens with zero attached hydrogens (tertiary/aromatic N) is 5. The number of fused-ring (bicyclic) bond motifs is 1. The molecule has 3 aliphatic rings. The molecule has 208 valence electrons. The molecule has 2 aromatic rings. The predicted octanol–water partition coefficient (Wildman–Crippen LogP) is 4.67. The Morgan fingerprint density at radius 3 is 2.55 bits per heavy atom. The number of aromatic nitrogens is 2. The minimum Gasteiger partial charge on any atom is -0.463 e. The van der Waals surface area contributed by atoms with Crippen LogP contribution < -0.4 is 9.64 Å². The smallest absolute Gasteiger partial charge is 0.410 e. The van der Waals surface area contributed by atoms with E-state index in [2.05, 4.69) is 30.8 Å². The topological polar surface area (TPSA) is 91.3 Å². The second kappa shape index (κ2) is 10.2. The number of aliphatic hydroxyl groups excluding tert-OH is 1. The fraction of sp³-hybridized carbons (Fsp3) is 0.654. The summed E-state index contributed by atoms with van der Waals surface area (Å²) in [7, 11) is 1.86. The van der Waals surface area contributed by atoms with Crippen LogP contribution in [0.15, 0.2) is 10.5 Å². The Balaban J connectivity index is 1.34. The molecule has 1 amide bonds. The van der Waals surface area contributed by atoms with Crippen LogP contribution in [0.5, 0.6) is 6.01 Å². The van der Waals surface area contributed by atoms with Crippen LogP contribution in [-0.4, -0.2) is 89.2 Å². The number of amides is 1. The molecular formula is C26H34BrClFN5O4. The highest BCUT2D eigenvalue weighted by atomic mass is 79.9. The lowest BCUT2D eigenvalue weighted by atomic mass is 9.72. The van der Waals surface area contributed by atoms with Gasteiger partial charge in [0.05, 0.1) is 16.1 Å². The van der Waals surface area contributed by atoms with Gasteiger partial charge in [0.1, 0.15) is 23.2 Å². The van der Waals surface area contributed by atoms with Crippen molar-refractivity contribution in [1.82, 2.24) is 19.8 Å². The number of ether oxygens (including phenoxy) is 2. The Morgan fingerprint density at radius 2 is 1.95 bits per heavy atom. The van der Waals surface area contributed by atoms with Gasteiger partial charge in [-0.15, -0.1) is 0 Å². The molecule has 2 atom stereocenters. The SMILES string of the molecule is CN1CCC(COc2nc(N3CCC4(CC3)CN(C(=O)OC(C)(C)C)C4)c3cc(Cl)c(Br)c(F)c3n2)C1O. The van der Waals surface area contributed by atoms with Crippen molar-refractivity contribution in [2.45, 2.75) is 51.9 Å². The van der Waals surface area contributed by atoms with Gasteiger partial charge in [-0.05, 0) is 69.1 Å². The second-order valence-electron chi connectivity index (χ2n) is 11.8. The van der Waals surface area contributed by atoms with Crippen LogP contribution in [0.4, 0.5) is 15.0 Å². The van der Waals surface area contributed by atoms with Crippen molar-refractivity contribution in [3.8, 4) is 6.01 Å². The van der Waals surface area contributed by atoms with E-state index in [9.17, 15) is 9.90 Å². The molecule has 0 bridgehead atoms. The molecule has 1 aromatic heterocycles. The Bertz CT molecular complexity index is 1230. The first-order valence-corrected chi connectivity index (χ1v) is 14.1. The molecule has 12 heteroatoms. The number of hydrogen-bond donors (Lipinski definition) is 1. The molecule has 38 heavy (non-hydrogen) atoms. The Morgan fingerprint density at radius 1 is 1.26 bits per heavy atom. The summed E-state index contributed by atoms with van der Waals surface area (Å²) in [6.07, 6.45) is 1.65. The van der Waals surface area contributed by atoms with E-state index in [0.717, 1.165) is 25.8 Å². The van der Waals surface area contributed by atoms with E-state index in [0.29, 0.717) is 37.4 Å². The lowest BCUT2D eigenvalue weighted by Crippen LogP contribution is -2.62. The zero-order chi connectivity index (χ0) is 27.4. The van der Waals surface area contributed by atoms with Gasteiger partial charge < -0.3 is 24.4 Å². The monoisotopic (exact) mass is 613 g/mol. The quantitative estimate of drug-likeness (QED) is 0.497. The first-order chi connectivity index (χ1) is 17.9. The summed E-state index contributed by atoms with van der Waals surface area (Å²) in [6.45, 7) is 9.32. The third kappa shape index (κ3) is 5.39. The van der Waals surface area contributed by atoms with Crippen LogP contribution in [0, 0.1) is 17.2 Å². The van der Waals surface area contributed by atoms with Gasteiger partial charge in [-0.2, -0.15) is 9.97 Å². The third-order valence-electron chi connectivity index (χ3n) is 7.77. The standard InChI is InChI=1S/C26H34BrClFN5O4/c1-25(2,3)38-24(36)34-13-26(14-34)6-9-33(10-7-26)21-16-11-17(28)18(27)19(29)20(16)30-23(31-21)37-12-15-5-8-32(4)22(15)35/h11,15,22,35H,5-10,12-14H2,1-4H3. The summed E-state index contributed by atoms with van der Waals surface area (Å²) in [6, 6.07) is 1.75. The van der Waals surface area contributed by atoms with Crippen molar-refractivity contribution >= 4 is 50.3 Å². The highest BCUT2D eigenvalue weighted by Crippen LogP contribution is 2.43. The number of carbonyl (C=O) groups is 1. The summed E-state index contributed by atoms with van der Waals surface area (Å²) in [4.78, 5) is 27.2. The zero-order valence-electron chi connectivity index (χ0n) is 22.1. The Kier molecular flexibility index (Phi) is 7.43. The van der Waals surface area contributed by atoms with Gasteiger partial charge in [0, 0.05) is 49.4 Å². The van der Waals surface area contributed by atoms with Gasteiger partial charge in [-0.25, -0.2) is 9.18 Å². The van der Waals surface area contributed by atoms with E-state index >= 15 is 4.39 Å². The van der Waals surface area contributed by atoms with E-state index in [4.69, 9.17) is 21.1 Å². The number of benzene rings is 1. The van der Waals surface area contributed by atoms with Crippen molar-refractivity contribution in [1.29, 1.82) is 0 Å². The minimum atomic E-state index is -0.597. The van der Waals surface area contributed by atoms with Crippen LogP contribution >= 0.6 is 27.5 Å². The summed E-state index contributed by atoms with van der Waals surface area (Å²) >= 11 is 9.53. The Hall–Kier alpha value is -1.95. The average Bonchev–Trinajstić information content (AvgIpc) is 3.16. The van der Waals surface area contributed by atoms with Gasteiger partial charge in [-0.3, -0.25) is 4.90 Å². The summed E-state index contributed by atoms with van der Waals surface area (Å²) in [5, 5.41) is 11.1. The number of likely N-dealkylation sites (tertiary alicyclic amines) is 2. The molecule has 1 N–H and O–H groups in total. The molecule has 9 nitrogen and oxygen atoms in total. The highest BCUT2D eigenvalue weighted by molar-refractivity contribution is 9.10. The summed E-state index contributed by atoms with van der Waals surface area (Å²) < 4.78 is 26.8. The number of rotatable bonds is 4. The molecule has 1 aromatic carbocycles. The number of halogens is 3. The number of aliphatic hydroxyl groups is 1. The molecule has 0 radical (unpaired) electrons. The van der Waals surface area contributed by atoms with Crippen molar-refractivity contribution in [3.05, 3.63) is 21.4 Å². The molecular weight excluding hydrogens is 581 g/mol. The van der Waals surface area contributed by atoms with Crippen molar-refractivity contribution in [3.63, 3.8) is 0 Å². The molecule has 3 saturated heterocycles. The van der Waals surface area contributed by atoms with E-state index in [1.807, 2.05) is 32.7 Å². The number of piperidine rings is 1. The van der Waals surface area contributed by atoms with E-state index in [-0.39, 0.29) is 45.1 Å². The van der Waals surface area contributed by atoms with Crippen molar-refractivity contribution in [2.24, 2.45) is 11.3 Å². The molecule has 4 heterocycles. The van der Waals surface area contributed by atoms with Crippen LogP contribution in [0.25, 0.3) is 10.9 Å². The first kappa shape index (κ1) is 27.6. The van der Waals surface area contributed by atoms with Crippen LogP contribution in [-0.2, 0) is 4.74 Å². The number of anilines is 1. The maximum Gasteiger partial charge on any atom is 0.410 e. The Labute approximate surface area is 235 Å². The van der Waals surface area contributed by atoms with Crippen LogP contribution in [0.3, 0.4) is 0 Å². The third-order valence-corrected chi connectivity index (χ3v) is 9.07. The van der Waals surface area contributed by atoms with Gasteiger partial charge in [-0.1, -0.05) is 11.6 Å². The lowest BCUT2D eigenvalue weighted by molar-refractivity contribution is -0.0434. The fourth-order valence-electron chi connectivity index (χ4n) is 5.53. The van der Waals surface area contributed by atoms with E-state index in [1.165, 1.54) is 0 Å². The normalized spacial score (nSPS) is 23.7. The molecule has 0 saturated carbocycles. The number of carbonyl (C=O) groups excluding carboxylic acids is 1. The second-order valence-corrected chi connectivity index (χ2v) is 13.0. The molecule has 0 aliphatic carbocycles. The van der Waals surface area contributed by atoms with E-state index in [1.54, 1.807) is 11.0 Å². The maximum atomic E-state index is 15.3.